The van der Waals surface area contributed by atoms with Crippen molar-refractivity contribution >= 4 is 23.0 Å². The van der Waals surface area contributed by atoms with Crippen molar-refractivity contribution in [2.75, 3.05) is 38.5 Å². The van der Waals surface area contributed by atoms with Gasteiger partial charge in [-0.2, -0.15) is 0 Å². The van der Waals surface area contributed by atoms with E-state index in [0.717, 1.165) is 38.5 Å². The molecule has 1 saturated heterocycles. The third-order valence-corrected chi connectivity index (χ3v) is 5.28. The minimum atomic E-state index is -0.434. The number of hydrogen-bond donors (Lipinski definition) is 0. The molecule has 0 unspecified atom stereocenters. The fraction of sp³-hybridized carbons (Fsp3) is 0.875. The van der Waals surface area contributed by atoms with Gasteiger partial charge in [0.25, 0.3) is 0 Å². The van der Waals surface area contributed by atoms with Gasteiger partial charge in [0.1, 0.15) is 5.60 Å². The van der Waals surface area contributed by atoms with E-state index in [0.29, 0.717) is 5.41 Å². The fourth-order valence-corrected chi connectivity index (χ4v) is 3.56. The predicted octanol–water partition coefficient (Wildman–Crippen LogP) is 2.60. The summed E-state index contributed by atoms with van der Waals surface area (Å²) in [6.45, 7) is 11.6. The number of thioether (sulfide) groups is 1. The Hall–Kier alpha value is -0.750. The van der Waals surface area contributed by atoms with Crippen LogP contribution in [0, 0.1) is 5.41 Å². The molecule has 0 spiro atoms. The summed E-state index contributed by atoms with van der Waals surface area (Å²) in [5, 5.41) is 0.209. The zero-order chi connectivity index (χ0) is 16.4. The number of piperazine rings is 1. The minimum Gasteiger partial charge on any atom is -0.444 e. The number of carbonyl (C=O) groups is 2. The predicted molar refractivity (Wildman–Crippen MR) is 89.1 cm³/mol. The van der Waals surface area contributed by atoms with E-state index in [1.165, 1.54) is 24.6 Å². The lowest BCUT2D eigenvalue weighted by Gasteiger charge is -2.37. The van der Waals surface area contributed by atoms with E-state index in [1.807, 2.05) is 20.8 Å². The minimum absolute atomic E-state index is 0.208. The molecule has 1 saturated carbocycles. The Labute approximate surface area is 137 Å². The molecular formula is C16H28N2O3S. The summed E-state index contributed by atoms with van der Waals surface area (Å²) in [4.78, 5) is 27.4. The molecule has 0 bridgehead atoms. The van der Waals surface area contributed by atoms with Crippen molar-refractivity contribution in [1.29, 1.82) is 0 Å². The molecule has 22 heavy (non-hydrogen) atoms. The Balaban J connectivity index is 1.73. The van der Waals surface area contributed by atoms with Gasteiger partial charge in [-0.25, -0.2) is 4.79 Å². The summed E-state index contributed by atoms with van der Waals surface area (Å²) in [6.07, 6.45) is 2.24. The Kier molecular flexibility index (Phi) is 5.43. The van der Waals surface area contributed by atoms with Gasteiger partial charge in [-0.15, -0.1) is 0 Å². The van der Waals surface area contributed by atoms with Gasteiger partial charge in [-0.05, 0) is 39.0 Å². The van der Waals surface area contributed by atoms with Crippen LogP contribution in [-0.4, -0.2) is 65.1 Å². The van der Waals surface area contributed by atoms with E-state index in [2.05, 4.69) is 4.90 Å². The molecule has 1 aliphatic carbocycles. The van der Waals surface area contributed by atoms with Crippen LogP contribution < -0.4 is 0 Å². The topological polar surface area (TPSA) is 49.9 Å². The summed E-state index contributed by atoms with van der Waals surface area (Å²) in [7, 11) is 0. The summed E-state index contributed by atoms with van der Waals surface area (Å²) in [5.74, 6) is 0.939. The number of ether oxygens (including phenoxy) is 1. The molecule has 0 aromatic rings. The van der Waals surface area contributed by atoms with Gasteiger partial charge < -0.3 is 9.64 Å². The van der Waals surface area contributed by atoms with Crippen LogP contribution in [0.4, 0.5) is 4.79 Å². The van der Waals surface area contributed by atoms with Crippen molar-refractivity contribution in [3.8, 4) is 0 Å². The van der Waals surface area contributed by atoms with E-state index < -0.39 is 5.60 Å². The molecule has 0 aromatic heterocycles. The summed E-state index contributed by atoms with van der Waals surface area (Å²) in [5.41, 5.74) is -0.0966. The normalized spacial score (nSPS) is 21.5. The number of nitrogens with zero attached hydrogens (tertiary/aromatic N) is 2. The number of amides is 1. The van der Waals surface area contributed by atoms with Crippen LogP contribution in [0.25, 0.3) is 0 Å². The van der Waals surface area contributed by atoms with Crippen LogP contribution in [0.3, 0.4) is 0 Å². The first-order valence-corrected chi connectivity index (χ1v) is 9.01. The molecule has 6 heteroatoms. The Morgan fingerprint density at radius 3 is 2.18 bits per heavy atom. The smallest absolute Gasteiger partial charge is 0.410 e. The SMILES string of the molecule is CC(=O)SCC1(CN2CCN(C(=O)OC(C)(C)C)CC2)CC1. The maximum Gasteiger partial charge on any atom is 0.410 e. The van der Waals surface area contributed by atoms with Crippen molar-refractivity contribution in [3.63, 3.8) is 0 Å². The summed E-state index contributed by atoms with van der Waals surface area (Å²) in [6, 6.07) is 0. The first-order chi connectivity index (χ1) is 10.2. The molecule has 0 aromatic carbocycles. The summed E-state index contributed by atoms with van der Waals surface area (Å²) >= 11 is 1.45. The third-order valence-electron chi connectivity index (χ3n) is 4.12. The van der Waals surface area contributed by atoms with E-state index in [-0.39, 0.29) is 11.2 Å². The van der Waals surface area contributed by atoms with Crippen LogP contribution in [0.15, 0.2) is 0 Å². The second kappa shape index (κ2) is 6.79. The molecule has 1 amide bonds. The van der Waals surface area contributed by atoms with Crippen LogP contribution >= 0.6 is 11.8 Å². The molecule has 5 nitrogen and oxygen atoms in total. The highest BCUT2D eigenvalue weighted by molar-refractivity contribution is 8.13. The van der Waals surface area contributed by atoms with Crippen molar-refractivity contribution in [1.82, 2.24) is 9.80 Å². The molecule has 0 radical (unpaired) electrons. The monoisotopic (exact) mass is 328 g/mol. The summed E-state index contributed by atoms with van der Waals surface area (Å²) < 4.78 is 5.42. The highest BCUT2D eigenvalue weighted by Crippen LogP contribution is 2.48. The number of rotatable bonds is 4. The Morgan fingerprint density at radius 1 is 1.14 bits per heavy atom. The number of hydrogen-bond acceptors (Lipinski definition) is 5. The van der Waals surface area contributed by atoms with E-state index in [1.54, 1.807) is 11.8 Å². The second-order valence-corrected chi connectivity index (χ2v) is 8.68. The molecule has 0 atom stereocenters. The molecule has 0 N–H and O–H groups in total. The van der Waals surface area contributed by atoms with Gasteiger partial charge in [-0.1, -0.05) is 11.8 Å². The highest BCUT2D eigenvalue weighted by atomic mass is 32.2. The van der Waals surface area contributed by atoms with Gasteiger partial charge in [-0.3, -0.25) is 9.69 Å². The molecule has 126 valence electrons. The quantitative estimate of drug-likeness (QED) is 0.794. The van der Waals surface area contributed by atoms with Crippen LogP contribution in [0.5, 0.6) is 0 Å². The molecule has 2 fully saturated rings. The average Bonchev–Trinajstić information content (AvgIpc) is 3.15. The van der Waals surface area contributed by atoms with Crippen LogP contribution in [0.2, 0.25) is 0 Å². The van der Waals surface area contributed by atoms with Gasteiger partial charge >= 0.3 is 6.09 Å². The lowest BCUT2D eigenvalue weighted by molar-refractivity contribution is -0.109. The van der Waals surface area contributed by atoms with Gasteiger partial charge in [0, 0.05) is 45.4 Å². The lowest BCUT2D eigenvalue weighted by atomic mass is 10.1. The largest absolute Gasteiger partial charge is 0.444 e. The Bertz CT molecular complexity index is 422. The van der Waals surface area contributed by atoms with Gasteiger partial charge in [0.15, 0.2) is 5.12 Å². The molecular weight excluding hydrogens is 300 g/mol. The van der Waals surface area contributed by atoms with E-state index in [4.69, 9.17) is 4.74 Å². The highest BCUT2D eigenvalue weighted by Gasteiger charge is 2.44. The van der Waals surface area contributed by atoms with Crippen LogP contribution in [0.1, 0.15) is 40.5 Å². The van der Waals surface area contributed by atoms with Crippen molar-refractivity contribution in [3.05, 3.63) is 0 Å². The van der Waals surface area contributed by atoms with Gasteiger partial charge in [0.05, 0.1) is 0 Å². The zero-order valence-corrected chi connectivity index (χ0v) is 15.0. The molecule has 2 rings (SSSR count). The van der Waals surface area contributed by atoms with E-state index in [9.17, 15) is 9.59 Å². The molecule has 1 aliphatic heterocycles. The third kappa shape index (κ3) is 5.47. The van der Waals surface area contributed by atoms with Crippen molar-refractivity contribution < 1.29 is 14.3 Å². The maximum absolute atomic E-state index is 12.0. The fourth-order valence-electron chi connectivity index (χ4n) is 2.67. The first kappa shape index (κ1) is 17.6. The van der Waals surface area contributed by atoms with Crippen molar-refractivity contribution in [2.45, 2.75) is 46.1 Å². The maximum atomic E-state index is 12.0. The molecule has 1 heterocycles. The van der Waals surface area contributed by atoms with Gasteiger partial charge in [0.2, 0.25) is 0 Å². The zero-order valence-electron chi connectivity index (χ0n) is 14.2. The first-order valence-electron chi connectivity index (χ1n) is 8.03. The van der Waals surface area contributed by atoms with Crippen LogP contribution in [-0.2, 0) is 9.53 Å². The second-order valence-electron chi connectivity index (χ2n) is 7.52. The Morgan fingerprint density at radius 2 is 1.73 bits per heavy atom. The average molecular weight is 328 g/mol. The lowest BCUT2D eigenvalue weighted by Crippen LogP contribution is -2.51. The molecule has 2 aliphatic rings. The standard InChI is InChI=1S/C16H28N2O3S/c1-13(19)22-12-16(5-6-16)11-17-7-9-18(10-8-17)14(20)21-15(2,3)4/h5-12H2,1-4H3. The van der Waals surface area contributed by atoms with Crippen molar-refractivity contribution in [2.24, 2.45) is 5.41 Å². The number of carbonyl (C=O) groups excluding carboxylic acids is 2. The van der Waals surface area contributed by atoms with E-state index >= 15 is 0 Å².